The fraction of sp³-hybridized carbons (Fsp3) is 0.667. The minimum Gasteiger partial charge on any atom is -0.310 e. The molecule has 1 fully saturated rings. The summed E-state index contributed by atoms with van der Waals surface area (Å²) in [5, 5.41) is 3.60. The monoisotopic (exact) mass is 277 g/mol. The van der Waals surface area contributed by atoms with Crippen LogP contribution in [0.25, 0.3) is 0 Å². The van der Waals surface area contributed by atoms with E-state index < -0.39 is 0 Å². The van der Waals surface area contributed by atoms with E-state index in [1.807, 2.05) is 25.1 Å². The van der Waals surface area contributed by atoms with Crippen LogP contribution in [0.1, 0.15) is 63.1 Å². The van der Waals surface area contributed by atoms with Gasteiger partial charge in [-0.3, -0.25) is 0 Å². The topological polar surface area (TPSA) is 12.0 Å². The van der Waals surface area contributed by atoms with E-state index in [-0.39, 0.29) is 11.9 Å². The van der Waals surface area contributed by atoms with Crippen molar-refractivity contribution in [1.82, 2.24) is 5.32 Å². The van der Waals surface area contributed by atoms with Crippen molar-refractivity contribution >= 4 is 0 Å². The number of hydrogen-bond donors (Lipinski definition) is 1. The molecule has 0 radical (unpaired) electrons. The van der Waals surface area contributed by atoms with E-state index in [1.165, 1.54) is 25.7 Å². The lowest BCUT2D eigenvalue weighted by atomic mass is 9.77. The summed E-state index contributed by atoms with van der Waals surface area (Å²) in [7, 11) is 0. The molecular weight excluding hydrogens is 249 g/mol. The molecule has 1 atom stereocenters. The molecule has 1 unspecified atom stereocenters. The number of hydrogen-bond acceptors (Lipinski definition) is 1. The van der Waals surface area contributed by atoms with Crippen molar-refractivity contribution in [2.45, 2.75) is 58.9 Å². The quantitative estimate of drug-likeness (QED) is 0.798. The van der Waals surface area contributed by atoms with Crippen molar-refractivity contribution in [3.8, 4) is 0 Å². The van der Waals surface area contributed by atoms with E-state index >= 15 is 0 Å². The number of nitrogens with one attached hydrogen (secondary N) is 1. The molecular formula is C18H28FN. The molecule has 1 aliphatic rings. The zero-order valence-corrected chi connectivity index (χ0v) is 13.1. The molecule has 112 valence electrons. The van der Waals surface area contributed by atoms with E-state index in [9.17, 15) is 4.39 Å². The highest BCUT2D eigenvalue weighted by Gasteiger charge is 2.28. The van der Waals surface area contributed by atoms with Gasteiger partial charge in [0.1, 0.15) is 5.82 Å². The van der Waals surface area contributed by atoms with Gasteiger partial charge in [0, 0.05) is 11.6 Å². The van der Waals surface area contributed by atoms with Crippen LogP contribution in [0.4, 0.5) is 4.39 Å². The number of halogens is 1. The van der Waals surface area contributed by atoms with Crippen LogP contribution in [0.3, 0.4) is 0 Å². The minimum absolute atomic E-state index is 0.0141. The van der Waals surface area contributed by atoms with Gasteiger partial charge < -0.3 is 5.32 Å². The molecule has 1 aromatic rings. The van der Waals surface area contributed by atoms with Crippen LogP contribution in [0.5, 0.6) is 0 Å². The zero-order valence-electron chi connectivity index (χ0n) is 13.1. The SMILES string of the molecule is CCCNC(c1cccc(C)c1F)C1CCC(C)CC1. The maximum atomic E-state index is 14.5. The summed E-state index contributed by atoms with van der Waals surface area (Å²) in [6.45, 7) is 7.32. The summed E-state index contributed by atoms with van der Waals surface area (Å²) in [5.74, 6) is 1.40. The van der Waals surface area contributed by atoms with Gasteiger partial charge in [0.05, 0.1) is 0 Å². The summed E-state index contributed by atoms with van der Waals surface area (Å²) in [5.41, 5.74) is 1.63. The van der Waals surface area contributed by atoms with Gasteiger partial charge >= 0.3 is 0 Å². The summed E-state index contributed by atoms with van der Waals surface area (Å²) < 4.78 is 14.5. The molecule has 0 heterocycles. The van der Waals surface area contributed by atoms with Crippen LogP contribution in [0.15, 0.2) is 18.2 Å². The molecule has 1 aromatic carbocycles. The fourth-order valence-electron chi connectivity index (χ4n) is 3.36. The Bertz CT molecular complexity index is 421. The summed E-state index contributed by atoms with van der Waals surface area (Å²) >= 11 is 0. The lowest BCUT2D eigenvalue weighted by Crippen LogP contribution is -2.32. The normalized spacial score (nSPS) is 24.6. The molecule has 1 nitrogen and oxygen atoms in total. The van der Waals surface area contributed by atoms with Crippen LogP contribution < -0.4 is 5.32 Å². The zero-order chi connectivity index (χ0) is 14.5. The van der Waals surface area contributed by atoms with Crippen LogP contribution in [0, 0.1) is 24.6 Å². The maximum absolute atomic E-state index is 14.5. The molecule has 0 amide bonds. The van der Waals surface area contributed by atoms with Crippen LogP contribution in [-0.4, -0.2) is 6.54 Å². The number of rotatable bonds is 5. The average molecular weight is 277 g/mol. The molecule has 1 N–H and O–H groups in total. The highest BCUT2D eigenvalue weighted by Crippen LogP contribution is 2.37. The molecule has 0 spiro atoms. The summed E-state index contributed by atoms with van der Waals surface area (Å²) in [6.07, 6.45) is 6.09. The Hall–Kier alpha value is -0.890. The third-order valence-electron chi connectivity index (χ3n) is 4.70. The maximum Gasteiger partial charge on any atom is 0.130 e. The summed E-state index contributed by atoms with van der Waals surface area (Å²) in [6, 6.07) is 5.99. The van der Waals surface area contributed by atoms with E-state index in [4.69, 9.17) is 0 Å². The lowest BCUT2D eigenvalue weighted by molar-refractivity contribution is 0.228. The molecule has 2 heteroatoms. The van der Waals surface area contributed by atoms with Crippen LogP contribution in [-0.2, 0) is 0 Å². The first-order valence-corrected chi connectivity index (χ1v) is 8.11. The smallest absolute Gasteiger partial charge is 0.130 e. The van der Waals surface area contributed by atoms with Crippen molar-refractivity contribution in [3.63, 3.8) is 0 Å². The van der Waals surface area contributed by atoms with Crippen molar-refractivity contribution in [3.05, 3.63) is 35.1 Å². The van der Waals surface area contributed by atoms with Gasteiger partial charge in [0.25, 0.3) is 0 Å². The lowest BCUT2D eigenvalue weighted by Gasteiger charge is -2.34. The highest BCUT2D eigenvalue weighted by atomic mass is 19.1. The van der Waals surface area contributed by atoms with Gasteiger partial charge in [-0.2, -0.15) is 0 Å². The van der Waals surface area contributed by atoms with Crippen LogP contribution in [0.2, 0.25) is 0 Å². The highest BCUT2D eigenvalue weighted by molar-refractivity contribution is 5.28. The van der Waals surface area contributed by atoms with Gasteiger partial charge in [-0.15, -0.1) is 0 Å². The Morgan fingerprint density at radius 2 is 1.95 bits per heavy atom. The molecule has 1 aliphatic carbocycles. The fourth-order valence-corrected chi connectivity index (χ4v) is 3.36. The molecule has 20 heavy (non-hydrogen) atoms. The third kappa shape index (κ3) is 3.60. The first kappa shape index (κ1) is 15.5. The van der Waals surface area contributed by atoms with Gasteiger partial charge in [-0.25, -0.2) is 4.39 Å². The second-order valence-corrected chi connectivity index (χ2v) is 6.43. The predicted octanol–water partition coefficient (Wildman–Crippen LogP) is 5.00. The van der Waals surface area contributed by atoms with Crippen molar-refractivity contribution in [2.24, 2.45) is 11.8 Å². The van der Waals surface area contributed by atoms with E-state index in [0.717, 1.165) is 30.0 Å². The molecule has 0 aromatic heterocycles. The largest absolute Gasteiger partial charge is 0.310 e. The first-order valence-electron chi connectivity index (χ1n) is 8.11. The van der Waals surface area contributed by atoms with Crippen molar-refractivity contribution in [1.29, 1.82) is 0 Å². The Morgan fingerprint density at radius 1 is 1.25 bits per heavy atom. The predicted molar refractivity (Wildman–Crippen MR) is 83.3 cm³/mol. The number of aryl methyl sites for hydroxylation is 1. The van der Waals surface area contributed by atoms with E-state index in [0.29, 0.717) is 5.92 Å². The van der Waals surface area contributed by atoms with Gasteiger partial charge in [-0.1, -0.05) is 44.9 Å². The average Bonchev–Trinajstić information content (AvgIpc) is 2.45. The minimum atomic E-state index is -0.0141. The van der Waals surface area contributed by atoms with E-state index in [2.05, 4.69) is 19.2 Å². The molecule has 1 saturated carbocycles. The first-order chi connectivity index (χ1) is 9.63. The Morgan fingerprint density at radius 3 is 2.60 bits per heavy atom. The molecule has 0 aliphatic heterocycles. The molecule has 0 saturated heterocycles. The van der Waals surface area contributed by atoms with Crippen molar-refractivity contribution in [2.75, 3.05) is 6.54 Å². The Labute approximate surface area is 123 Å². The van der Waals surface area contributed by atoms with Crippen LogP contribution >= 0.6 is 0 Å². The van der Waals surface area contributed by atoms with E-state index in [1.54, 1.807) is 0 Å². The van der Waals surface area contributed by atoms with Gasteiger partial charge in [-0.05, 0) is 50.1 Å². The third-order valence-corrected chi connectivity index (χ3v) is 4.70. The van der Waals surface area contributed by atoms with Crippen molar-refractivity contribution < 1.29 is 4.39 Å². The standard InChI is InChI=1S/C18H28FN/c1-4-12-20-18(15-10-8-13(2)9-11-15)16-7-5-6-14(3)17(16)19/h5-7,13,15,18,20H,4,8-12H2,1-3H3. The molecule has 2 rings (SSSR count). The molecule has 0 bridgehead atoms. The Balaban J connectivity index is 2.20. The second-order valence-electron chi connectivity index (χ2n) is 6.43. The number of benzene rings is 1. The summed E-state index contributed by atoms with van der Waals surface area (Å²) in [4.78, 5) is 0. The second kappa shape index (κ2) is 7.21. The van der Waals surface area contributed by atoms with Gasteiger partial charge in [0.15, 0.2) is 0 Å². The van der Waals surface area contributed by atoms with Gasteiger partial charge in [0.2, 0.25) is 0 Å². The Kier molecular flexibility index (Phi) is 5.59.